The predicted molar refractivity (Wildman–Crippen MR) is 96.7 cm³/mol. The number of aliphatic imine (C=N–C) groups is 1. The molecule has 0 aliphatic heterocycles. The molecular formula is C14H33IN4. The zero-order chi connectivity index (χ0) is 14.0. The molecule has 0 fully saturated rings. The van der Waals surface area contributed by atoms with Crippen molar-refractivity contribution in [2.24, 2.45) is 4.99 Å². The third-order valence-corrected chi connectivity index (χ3v) is 2.98. The number of halogens is 1. The minimum atomic E-state index is 0. The Kier molecular flexibility index (Phi) is 14.5. The van der Waals surface area contributed by atoms with Gasteiger partial charge in [0.25, 0.3) is 0 Å². The Balaban J connectivity index is 0. The van der Waals surface area contributed by atoms with Crippen LogP contribution in [0.25, 0.3) is 0 Å². The van der Waals surface area contributed by atoms with Gasteiger partial charge in [0.1, 0.15) is 0 Å². The molecular weight excluding hydrogens is 351 g/mol. The molecule has 0 spiro atoms. The first-order valence-electron chi connectivity index (χ1n) is 7.23. The molecule has 0 aromatic rings. The Morgan fingerprint density at radius 2 is 1.58 bits per heavy atom. The SMILES string of the molecule is CCCNC(=NC)NCCCN(C(C)C)C(C)C.I. The van der Waals surface area contributed by atoms with Crippen LogP contribution in [0.5, 0.6) is 0 Å². The first kappa shape index (κ1) is 21.3. The summed E-state index contributed by atoms with van der Waals surface area (Å²) in [7, 11) is 1.82. The number of hydrogen-bond donors (Lipinski definition) is 2. The van der Waals surface area contributed by atoms with Gasteiger partial charge in [-0.2, -0.15) is 0 Å². The highest BCUT2D eigenvalue weighted by Gasteiger charge is 2.12. The average molecular weight is 384 g/mol. The molecule has 0 aromatic carbocycles. The summed E-state index contributed by atoms with van der Waals surface area (Å²) in [5.41, 5.74) is 0. The summed E-state index contributed by atoms with van der Waals surface area (Å²) in [6, 6.07) is 1.23. The number of guanidine groups is 1. The second-order valence-electron chi connectivity index (χ2n) is 5.20. The van der Waals surface area contributed by atoms with Gasteiger partial charge < -0.3 is 10.6 Å². The van der Waals surface area contributed by atoms with Crippen molar-refractivity contribution in [1.82, 2.24) is 15.5 Å². The molecule has 5 heteroatoms. The van der Waals surface area contributed by atoms with Crippen LogP contribution >= 0.6 is 24.0 Å². The van der Waals surface area contributed by atoms with Crippen LogP contribution in [0.2, 0.25) is 0 Å². The molecule has 0 rings (SSSR count). The van der Waals surface area contributed by atoms with Crippen LogP contribution in [0.3, 0.4) is 0 Å². The van der Waals surface area contributed by atoms with Gasteiger partial charge in [0.2, 0.25) is 0 Å². The maximum absolute atomic E-state index is 4.19. The van der Waals surface area contributed by atoms with E-state index in [1.54, 1.807) is 0 Å². The second-order valence-corrected chi connectivity index (χ2v) is 5.20. The number of hydrogen-bond acceptors (Lipinski definition) is 2. The van der Waals surface area contributed by atoms with E-state index in [0.717, 1.165) is 38.4 Å². The van der Waals surface area contributed by atoms with Crippen molar-refractivity contribution in [2.75, 3.05) is 26.7 Å². The topological polar surface area (TPSA) is 39.7 Å². The Morgan fingerprint density at radius 1 is 1.05 bits per heavy atom. The van der Waals surface area contributed by atoms with Gasteiger partial charge in [0, 0.05) is 38.8 Å². The summed E-state index contributed by atoms with van der Waals surface area (Å²) in [6.45, 7) is 14.3. The van der Waals surface area contributed by atoms with Gasteiger partial charge >= 0.3 is 0 Å². The Morgan fingerprint density at radius 3 is 2.00 bits per heavy atom. The first-order chi connectivity index (χ1) is 8.52. The van der Waals surface area contributed by atoms with Crippen molar-refractivity contribution in [3.8, 4) is 0 Å². The van der Waals surface area contributed by atoms with Gasteiger partial charge in [-0.3, -0.25) is 9.89 Å². The summed E-state index contributed by atoms with van der Waals surface area (Å²) >= 11 is 0. The lowest BCUT2D eigenvalue weighted by molar-refractivity contribution is 0.173. The van der Waals surface area contributed by atoms with Gasteiger partial charge in [-0.25, -0.2) is 0 Å². The first-order valence-corrected chi connectivity index (χ1v) is 7.23. The van der Waals surface area contributed by atoms with E-state index < -0.39 is 0 Å². The van der Waals surface area contributed by atoms with Crippen molar-refractivity contribution in [2.45, 2.75) is 59.5 Å². The van der Waals surface area contributed by atoms with E-state index in [9.17, 15) is 0 Å². The molecule has 0 bridgehead atoms. The predicted octanol–water partition coefficient (Wildman–Crippen LogP) is 2.69. The lowest BCUT2D eigenvalue weighted by Crippen LogP contribution is -2.41. The molecule has 0 aliphatic carbocycles. The molecule has 0 aliphatic rings. The summed E-state index contributed by atoms with van der Waals surface area (Å²) < 4.78 is 0. The molecule has 19 heavy (non-hydrogen) atoms. The molecule has 2 N–H and O–H groups in total. The van der Waals surface area contributed by atoms with Crippen LogP contribution in [0.1, 0.15) is 47.5 Å². The highest BCUT2D eigenvalue weighted by molar-refractivity contribution is 14.0. The quantitative estimate of drug-likeness (QED) is 0.293. The van der Waals surface area contributed by atoms with Crippen LogP contribution in [0.4, 0.5) is 0 Å². The Labute approximate surface area is 136 Å². The van der Waals surface area contributed by atoms with Crippen LogP contribution in [0.15, 0.2) is 4.99 Å². The minimum Gasteiger partial charge on any atom is -0.356 e. The Bertz CT molecular complexity index is 221. The van der Waals surface area contributed by atoms with E-state index in [1.165, 1.54) is 0 Å². The van der Waals surface area contributed by atoms with E-state index >= 15 is 0 Å². The van der Waals surface area contributed by atoms with E-state index in [1.807, 2.05) is 7.05 Å². The molecule has 0 unspecified atom stereocenters. The zero-order valence-corrected chi connectivity index (χ0v) is 15.8. The normalized spacial score (nSPS) is 11.9. The van der Waals surface area contributed by atoms with Crippen molar-refractivity contribution < 1.29 is 0 Å². The lowest BCUT2D eigenvalue weighted by Gasteiger charge is -2.30. The molecule has 4 nitrogen and oxygen atoms in total. The molecule has 0 aromatic heterocycles. The van der Waals surface area contributed by atoms with Gasteiger partial charge in [0.05, 0.1) is 0 Å². The van der Waals surface area contributed by atoms with Crippen LogP contribution in [-0.4, -0.2) is 49.6 Å². The second kappa shape index (κ2) is 13.0. The minimum absolute atomic E-state index is 0. The van der Waals surface area contributed by atoms with Crippen LogP contribution in [-0.2, 0) is 0 Å². The fourth-order valence-electron chi connectivity index (χ4n) is 2.05. The third kappa shape index (κ3) is 10.4. The smallest absolute Gasteiger partial charge is 0.190 e. The largest absolute Gasteiger partial charge is 0.356 e. The fourth-order valence-corrected chi connectivity index (χ4v) is 2.05. The van der Waals surface area contributed by atoms with Gasteiger partial charge in [-0.15, -0.1) is 24.0 Å². The summed E-state index contributed by atoms with van der Waals surface area (Å²) in [4.78, 5) is 6.71. The van der Waals surface area contributed by atoms with Gasteiger partial charge in [-0.1, -0.05) is 6.92 Å². The highest BCUT2D eigenvalue weighted by Crippen LogP contribution is 2.05. The molecule has 0 saturated heterocycles. The summed E-state index contributed by atoms with van der Waals surface area (Å²) in [5, 5.41) is 6.63. The molecule has 0 atom stereocenters. The summed E-state index contributed by atoms with van der Waals surface area (Å²) in [6.07, 6.45) is 2.26. The molecule has 116 valence electrons. The van der Waals surface area contributed by atoms with Gasteiger partial charge in [0.15, 0.2) is 5.96 Å². The van der Waals surface area contributed by atoms with E-state index in [0.29, 0.717) is 12.1 Å². The van der Waals surface area contributed by atoms with Crippen molar-refractivity contribution in [1.29, 1.82) is 0 Å². The average Bonchev–Trinajstić information content (AvgIpc) is 2.31. The van der Waals surface area contributed by atoms with Gasteiger partial charge in [-0.05, 0) is 40.5 Å². The lowest BCUT2D eigenvalue weighted by atomic mass is 10.2. The van der Waals surface area contributed by atoms with Crippen LogP contribution < -0.4 is 10.6 Å². The number of rotatable bonds is 8. The molecule has 0 heterocycles. The maximum atomic E-state index is 4.19. The van der Waals surface area contributed by atoms with E-state index in [4.69, 9.17) is 0 Å². The third-order valence-electron chi connectivity index (χ3n) is 2.98. The maximum Gasteiger partial charge on any atom is 0.190 e. The summed E-state index contributed by atoms with van der Waals surface area (Å²) in [5.74, 6) is 0.914. The monoisotopic (exact) mass is 384 g/mol. The van der Waals surface area contributed by atoms with Crippen molar-refractivity contribution in [3.63, 3.8) is 0 Å². The molecule has 0 radical (unpaired) electrons. The molecule has 0 amide bonds. The fraction of sp³-hybridized carbons (Fsp3) is 0.929. The van der Waals surface area contributed by atoms with Crippen molar-refractivity contribution >= 4 is 29.9 Å². The zero-order valence-electron chi connectivity index (χ0n) is 13.5. The van der Waals surface area contributed by atoms with E-state index in [-0.39, 0.29) is 24.0 Å². The van der Waals surface area contributed by atoms with Crippen molar-refractivity contribution in [3.05, 3.63) is 0 Å². The highest BCUT2D eigenvalue weighted by atomic mass is 127. The van der Waals surface area contributed by atoms with E-state index in [2.05, 4.69) is 55.1 Å². The Hall–Kier alpha value is -0.0400. The van der Waals surface area contributed by atoms with Crippen LogP contribution in [0, 0.1) is 0 Å². The number of nitrogens with one attached hydrogen (secondary N) is 2. The number of nitrogens with zero attached hydrogens (tertiary/aromatic N) is 2. The molecule has 0 saturated carbocycles. The standard InChI is InChI=1S/C14H32N4.HI/c1-7-9-16-14(15-6)17-10-8-11-18(12(2)3)13(4)5;/h12-13H,7-11H2,1-6H3,(H2,15,16,17);1H.